The summed E-state index contributed by atoms with van der Waals surface area (Å²) in [5.41, 5.74) is 0. The van der Waals surface area contributed by atoms with Crippen LogP contribution in [-0.4, -0.2) is 7.11 Å². The predicted octanol–water partition coefficient (Wildman–Crippen LogP) is 2.85. The van der Waals surface area contributed by atoms with E-state index in [2.05, 4.69) is 6.58 Å². The molecule has 0 aromatic heterocycles. The molecule has 0 aromatic rings. The molecule has 10 heavy (non-hydrogen) atoms. The van der Waals surface area contributed by atoms with Gasteiger partial charge in [-0.15, -0.1) is 0 Å². The van der Waals surface area contributed by atoms with Gasteiger partial charge in [0.2, 0.25) is 0 Å². The lowest BCUT2D eigenvalue weighted by Gasteiger charge is -2.01. The number of halogens is 1. The number of ether oxygens (including phenoxy) is 1. The van der Waals surface area contributed by atoms with Crippen LogP contribution in [0.25, 0.3) is 0 Å². The molecule has 0 aliphatic carbocycles. The van der Waals surface area contributed by atoms with E-state index >= 15 is 0 Å². The van der Waals surface area contributed by atoms with Crippen LogP contribution in [0.5, 0.6) is 0 Å². The molecule has 0 amide bonds. The van der Waals surface area contributed by atoms with Crippen molar-refractivity contribution < 1.29 is 4.74 Å². The smallest absolute Gasteiger partial charge is 0.137 e. The molecule has 0 aliphatic rings. The minimum Gasteiger partial charge on any atom is -0.495 e. The Kier molecular flexibility index (Phi) is 4.77. The lowest BCUT2D eigenvalue weighted by Crippen LogP contribution is -1.84. The maximum atomic E-state index is 5.73. The summed E-state index contributed by atoms with van der Waals surface area (Å²) < 4.78 is 4.93. The van der Waals surface area contributed by atoms with Crippen molar-refractivity contribution >= 4 is 11.6 Å². The molecule has 0 spiro atoms. The third-order valence-electron chi connectivity index (χ3n) is 0.978. The molecule has 0 rings (SSSR count). The van der Waals surface area contributed by atoms with Crippen molar-refractivity contribution in [2.45, 2.75) is 6.92 Å². The highest BCUT2D eigenvalue weighted by Gasteiger charge is 1.96. The van der Waals surface area contributed by atoms with Crippen molar-refractivity contribution in [3.8, 4) is 0 Å². The van der Waals surface area contributed by atoms with Crippen LogP contribution in [-0.2, 0) is 4.74 Å². The van der Waals surface area contributed by atoms with Gasteiger partial charge in [-0.3, -0.25) is 0 Å². The van der Waals surface area contributed by atoms with Crippen LogP contribution in [0.1, 0.15) is 6.92 Å². The molecule has 56 valence electrons. The summed E-state index contributed by atoms with van der Waals surface area (Å²) in [5.74, 6) is 0.638. The average molecular weight is 159 g/mol. The number of hydrogen-bond donors (Lipinski definition) is 0. The molecule has 0 saturated carbocycles. The minimum absolute atomic E-state index is 0.599. The summed E-state index contributed by atoms with van der Waals surface area (Å²) in [4.78, 5) is 0. The summed E-state index contributed by atoms with van der Waals surface area (Å²) in [6.07, 6.45) is 5.10. The van der Waals surface area contributed by atoms with Gasteiger partial charge in [-0.05, 0) is 13.0 Å². The van der Waals surface area contributed by atoms with Crippen LogP contribution < -0.4 is 0 Å². The Hall–Kier alpha value is -0.690. The van der Waals surface area contributed by atoms with Gasteiger partial charge in [-0.1, -0.05) is 30.3 Å². The lowest BCUT2D eigenvalue weighted by atomic mass is 10.4. The molecule has 0 fully saturated rings. The number of hydrogen-bond acceptors (Lipinski definition) is 1. The molecular weight excluding hydrogens is 148 g/mol. The van der Waals surface area contributed by atoms with E-state index in [9.17, 15) is 0 Å². The molecule has 0 unspecified atom stereocenters. The highest BCUT2D eigenvalue weighted by Crippen LogP contribution is 2.14. The number of rotatable bonds is 3. The SMILES string of the molecule is C=C/C=C(OC)/C(Cl)=C/C. The second-order valence-electron chi connectivity index (χ2n) is 1.61. The second kappa shape index (κ2) is 5.12. The van der Waals surface area contributed by atoms with Crippen molar-refractivity contribution in [1.29, 1.82) is 0 Å². The Morgan fingerprint density at radius 2 is 2.20 bits per heavy atom. The minimum atomic E-state index is 0.599. The van der Waals surface area contributed by atoms with Crippen LogP contribution in [0.4, 0.5) is 0 Å². The van der Waals surface area contributed by atoms with Crippen molar-refractivity contribution in [2.75, 3.05) is 7.11 Å². The van der Waals surface area contributed by atoms with Gasteiger partial charge in [-0.25, -0.2) is 0 Å². The largest absolute Gasteiger partial charge is 0.495 e. The third-order valence-corrected chi connectivity index (χ3v) is 1.38. The first-order chi connectivity index (χ1) is 4.76. The van der Waals surface area contributed by atoms with Gasteiger partial charge in [0.25, 0.3) is 0 Å². The van der Waals surface area contributed by atoms with Gasteiger partial charge >= 0.3 is 0 Å². The van der Waals surface area contributed by atoms with Crippen molar-refractivity contribution in [1.82, 2.24) is 0 Å². The summed E-state index contributed by atoms with van der Waals surface area (Å²) >= 11 is 5.73. The van der Waals surface area contributed by atoms with Gasteiger partial charge in [-0.2, -0.15) is 0 Å². The molecule has 0 aliphatic heterocycles. The fraction of sp³-hybridized carbons (Fsp3) is 0.250. The van der Waals surface area contributed by atoms with Crippen LogP contribution in [0.15, 0.2) is 35.6 Å². The van der Waals surface area contributed by atoms with Crippen molar-refractivity contribution in [2.24, 2.45) is 0 Å². The second-order valence-corrected chi connectivity index (χ2v) is 2.01. The quantitative estimate of drug-likeness (QED) is 0.454. The summed E-state index contributed by atoms with van der Waals surface area (Å²) in [5, 5.41) is 0.599. The zero-order valence-corrected chi connectivity index (χ0v) is 6.98. The highest BCUT2D eigenvalue weighted by molar-refractivity contribution is 6.31. The van der Waals surface area contributed by atoms with E-state index in [0.717, 1.165) is 0 Å². The van der Waals surface area contributed by atoms with Crippen molar-refractivity contribution in [3.63, 3.8) is 0 Å². The topological polar surface area (TPSA) is 9.23 Å². The van der Waals surface area contributed by atoms with Gasteiger partial charge in [0, 0.05) is 0 Å². The maximum absolute atomic E-state index is 5.73. The zero-order valence-electron chi connectivity index (χ0n) is 6.23. The van der Waals surface area contributed by atoms with E-state index in [1.807, 2.05) is 6.92 Å². The zero-order chi connectivity index (χ0) is 7.98. The van der Waals surface area contributed by atoms with Crippen LogP contribution in [0.3, 0.4) is 0 Å². The van der Waals surface area contributed by atoms with Gasteiger partial charge in [0.15, 0.2) is 0 Å². The highest BCUT2D eigenvalue weighted by atomic mass is 35.5. The van der Waals surface area contributed by atoms with Crippen LogP contribution >= 0.6 is 11.6 Å². The summed E-state index contributed by atoms with van der Waals surface area (Å²) in [6, 6.07) is 0. The van der Waals surface area contributed by atoms with Gasteiger partial charge < -0.3 is 4.74 Å². The molecule has 1 nitrogen and oxygen atoms in total. The van der Waals surface area contributed by atoms with Crippen LogP contribution in [0.2, 0.25) is 0 Å². The molecule has 0 radical (unpaired) electrons. The Bertz CT molecular complexity index is 168. The standard InChI is InChI=1S/C8H11ClO/c1-4-6-8(10-3)7(9)5-2/h4-6H,1H2,2-3H3/b7-5-,8-6-. The van der Waals surface area contributed by atoms with Gasteiger partial charge in [0.1, 0.15) is 5.76 Å². The van der Waals surface area contributed by atoms with E-state index in [0.29, 0.717) is 10.8 Å². The molecule has 0 heterocycles. The fourth-order valence-corrected chi connectivity index (χ4v) is 0.635. The average Bonchev–Trinajstić information content (AvgIpc) is 1.99. The Labute approximate surface area is 66.6 Å². The van der Waals surface area contributed by atoms with Crippen molar-refractivity contribution in [3.05, 3.63) is 35.6 Å². The van der Waals surface area contributed by atoms with Gasteiger partial charge in [0.05, 0.1) is 12.1 Å². The normalized spacial score (nSPS) is 13.1. The van der Waals surface area contributed by atoms with E-state index in [1.165, 1.54) is 0 Å². The molecule has 0 N–H and O–H groups in total. The predicted molar refractivity (Wildman–Crippen MR) is 44.9 cm³/mol. The molecule has 0 atom stereocenters. The Morgan fingerprint density at radius 3 is 2.50 bits per heavy atom. The molecule has 0 aromatic carbocycles. The van der Waals surface area contributed by atoms with E-state index in [-0.39, 0.29) is 0 Å². The lowest BCUT2D eigenvalue weighted by molar-refractivity contribution is 0.305. The molecule has 2 heteroatoms. The first kappa shape index (κ1) is 9.31. The van der Waals surface area contributed by atoms with E-state index in [4.69, 9.17) is 16.3 Å². The fourth-order valence-electron chi connectivity index (χ4n) is 0.494. The number of methoxy groups -OCH3 is 1. The van der Waals surface area contributed by atoms with Crippen LogP contribution in [0, 0.1) is 0 Å². The summed E-state index contributed by atoms with van der Waals surface area (Å²) in [6.45, 7) is 5.37. The van der Waals surface area contributed by atoms with E-state index < -0.39 is 0 Å². The maximum Gasteiger partial charge on any atom is 0.137 e. The summed E-state index contributed by atoms with van der Waals surface area (Å²) in [7, 11) is 1.57. The Balaban J connectivity index is 4.35. The van der Waals surface area contributed by atoms with E-state index in [1.54, 1.807) is 25.3 Å². The Morgan fingerprint density at radius 1 is 1.60 bits per heavy atom. The third kappa shape index (κ3) is 2.74. The first-order valence-corrected chi connectivity index (χ1v) is 3.33. The first-order valence-electron chi connectivity index (χ1n) is 2.95. The monoisotopic (exact) mass is 158 g/mol. The molecule has 0 saturated heterocycles. The molecular formula is C8H11ClO. The number of allylic oxidation sites excluding steroid dienone is 4. The molecule has 0 bridgehead atoms.